The van der Waals surface area contributed by atoms with Gasteiger partial charge in [-0.2, -0.15) is 0 Å². The normalized spacial score (nSPS) is 14.6. The third kappa shape index (κ3) is 4.62. The first-order valence-electron chi connectivity index (χ1n) is 10.2. The zero-order valence-electron chi connectivity index (χ0n) is 17.7. The number of nitrogens with zero attached hydrogens (tertiary/aromatic N) is 2. The number of nitro benzene ring substituents is 1. The quantitative estimate of drug-likeness (QED) is 0.261. The highest BCUT2D eigenvalue weighted by atomic mass is 79.9. The van der Waals surface area contributed by atoms with Gasteiger partial charge in [0.25, 0.3) is 17.5 Å². The van der Waals surface area contributed by atoms with E-state index in [0.29, 0.717) is 28.1 Å². The average molecular weight is 523 g/mol. The van der Waals surface area contributed by atoms with Crippen molar-refractivity contribution in [2.45, 2.75) is 6.17 Å². The number of nitrogens with one attached hydrogen (secondary N) is 2. The summed E-state index contributed by atoms with van der Waals surface area (Å²) in [6.07, 6.45) is 0.594. The summed E-state index contributed by atoms with van der Waals surface area (Å²) in [5.74, 6) is -0.520. The van der Waals surface area contributed by atoms with Crippen molar-refractivity contribution in [2.75, 3.05) is 11.9 Å². The molecule has 0 bridgehead atoms. The Morgan fingerprint density at radius 1 is 1.21 bits per heavy atom. The van der Waals surface area contributed by atoms with Crippen LogP contribution < -0.4 is 15.5 Å². The maximum Gasteiger partial charge on any atom is 0.276 e. The SMILES string of the molecule is C=CCOc1ccc(C(=O)NN2C(=O)c3cc(Br)ccc3N[C@H]2c2ccccc2[N+](=O)[O-])cc1. The Hall–Kier alpha value is -4.18. The van der Waals surface area contributed by atoms with Gasteiger partial charge in [0.15, 0.2) is 6.17 Å². The van der Waals surface area contributed by atoms with Crippen LogP contribution in [0.1, 0.15) is 32.4 Å². The van der Waals surface area contributed by atoms with Crippen LogP contribution in [0.2, 0.25) is 0 Å². The number of hydrogen-bond donors (Lipinski definition) is 2. The van der Waals surface area contributed by atoms with Crippen LogP contribution in [-0.2, 0) is 0 Å². The fraction of sp³-hybridized carbons (Fsp3) is 0.0833. The summed E-state index contributed by atoms with van der Waals surface area (Å²) < 4.78 is 6.10. The molecule has 0 spiro atoms. The Balaban J connectivity index is 1.70. The summed E-state index contributed by atoms with van der Waals surface area (Å²) in [6, 6.07) is 17.5. The summed E-state index contributed by atoms with van der Waals surface area (Å²) in [6.45, 7) is 3.91. The molecule has 0 radical (unpaired) electrons. The molecule has 1 heterocycles. The van der Waals surface area contributed by atoms with Crippen LogP contribution in [0.5, 0.6) is 5.75 Å². The lowest BCUT2D eigenvalue weighted by Crippen LogP contribution is -2.53. The van der Waals surface area contributed by atoms with E-state index in [1.807, 2.05) is 0 Å². The number of carbonyl (C=O) groups is 2. The average Bonchev–Trinajstić information content (AvgIpc) is 2.85. The third-order valence-corrected chi connectivity index (χ3v) is 5.61. The molecule has 9 nitrogen and oxygen atoms in total. The van der Waals surface area contributed by atoms with Gasteiger partial charge in [0.1, 0.15) is 12.4 Å². The fourth-order valence-corrected chi connectivity index (χ4v) is 3.89. The van der Waals surface area contributed by atoms with Crippen molar-refractivity contribution in [1.29, 1.82) is 0 Å². The number of fused-ring (bicyclic) bond motifs is 1. The van der Waals surface area contributed by atoms with Crippen LogP contribution in [0, 0.1) is 10.1 Å². The van der Waals surface area contributed by atoms with E-state index in [0.717, 1.165) is 5.01 Å². The molecule has 0 unspecified atom stereocenters. The van der Waals surface area contributed by atoms with Gasteiger partial charge in [0.05, 0.1) is 16.1 Å². The lowest BCUT2D eigenvalue weighted by atomic mass is 10.0. The first kappa shape index (κ1) is 23.0. The molecule has 0 aromatic heterocycles. The molecule has 10 heteroatoms. The molecule has 1 aliphatic rings. The zero-order valence-corrected chi connectivity index (χ0v) is 19.3. The first-order chi connectivity index (χ1) is 16.4. The number of hydrazine groups is 1. The number of anilines is 1. The van der Waals surface area contributed by atoms with E-state index in [4.69, 9.17) is 4.74 Å². The molecule has 3 aromatic rings. The van der Waals surface area contributed by atoms with E-state index >= 15 is 0 Å². The van der Waals surface area contributed by atoms with Gasteiger partial charge < -0.3 is 10.1 Å². The van der Waals surface area contributed by atoms with E-state index in [9.17, 15) is 19.7 Å². The minimum atomic E-state index is -1.01. The fourth-order valence-electron chi connectivity index (χ4n) is 3.53. The number of benzene rings is 3. The lowest BCUT2D eigenvalue weighted by molar-refractivity contribution is -0.385. The van der Waals surface area contributed by atoms with Crippen LogP contribution in [0.25, 0.3) is 0 Å². The van der Waals surface area contributed by atoms with Crippen LogP contribution in [0.3, 0.4) is 0 Å². The van der Waals surface area contributed by atoms with Crippen molar-refractivity contribution in [3.63, 3.8) is 0 Å². The first-order valence-corrected chi connectivity index (χ1v) is 11.0. The number of amides is 2. The van der Waals surface area contributed by atoms with Gasteiger partial charge in [-0.3, -0.25) is 25.1 Å². The molecule has 0 saturated heterocycles. The summed E-state index contributed by atoms with van der Waals surface area (Å²) in [7, 11) is 0. The highest BCUT2D eigenvalue weighted by Gasteiger charge is 2.37. The monoisotopic (exact) mass is 522 g/mol. The molecule has 0 fully saturated rings. The van der Waals surface area contributed by atoms with Crippen molar-refractivity contribution in [1.82, 2.24) is 10.4 Å². The molecular weight excluding hydrogens is 504 g/mol. The Morgan fingerprint density at radius 3 is 2.65 bits per heavy atom. The van der Waals surface area contributed by atoms with Gasteiger partial charge in [-0.05, 0) is 48.5 Å². The van der Waals surface area contributed by atoms with E-state index in [1.165, 1.54) is 18.2 Å². The van der Waals surface area contributed by atoms with Crippen molar-refractivity contribution >= 4 is 39.1 Å². The minimum Gasteiger partial charge on any atom is -0.490 e. The van der Waals surface area contributed by atoms with Crippen LogP contribution in [0.4, 0.5) is 11.4 Å². The molecule has 0 saturated carbocycles. The van der Waals surface area contributed by atoms with Gasteiger partial charge in [0.2, 0.25) is 0 Å². The third-order valence-electron chi connectivity index (χ3n) is 5.12. The molecular formula is C24H19BrN4O5. The Bertz CT molecular complexity index is 1280. The molecule has 4 rings (SSSR count). The number of nitro groups is 1. The van der Waals surface area contributed by atoms with Gasteiger partial charge >= 0.3 is 0 Å². The maximum absolute atomic E-state index is 13.4. The topological polar surface area (TPSA) is 114 Å². The Kier molecular flexibility index (Phi) is 6.60. The second kappa shape index (κ2) is 9.75. The number of ether oxygens (including phenoxy) is 1. The Morgan fingerprint density at radius 2 is 1.94 bits per heavy atom. The van der Waals surface area contributed by atoms with Crippen molar-refractivity contribution in [3.8, 4) is 5.75 Å². The van der Waals surface area contributed by atoms with E-state index in [-0.39, 0.29) is 16.8 Å². The number of hydrogen-bond acceptors (Lipinski definition) is 6. The standard InChI is InChI=1S/C24H19BrN4O5/c1-2-13-34-17-10-7-15(8-11-17)23(30)27-28-22(18-5-3-4-6-21(18)29(32)33)26-20-12-9-16(25)14-19(20)24(28)31/h2-12,14,22,26H,1,13H2,(H,27,30)/t22-/m1/s1. The second-order valence-corrected chi connectivity index (χ2v) is 8.21. The molecule has 1 atom stereocenters. The summed E-state index contributed by atoms with van der Waals surface area (Å²) >= 11 is 3.35. The highest BCUT2D eigenvalue weighted by molar-refractivity contribution is 9.10. The Labute approximate surface area is 203 Å². The van der Waals surface area contributed by atoms with Gasteiger partial charge in [-0.25, -0.2) is 5.01 Å². The minimum absolute atomic E-state index is 0.184. The van der Waals surface area contributed by atoms with Crippen molar-refractivity contribution in [3.05, 3.63) is 111 Å². The molecule has 3 aromatic carbocycles. The molecule has 0 aliphatic carbocycles. The number of carbonyl (C=O) groups excluding carboxylic acids is 2. The largest absolute Gasteiger partial charge is 0.490 e. The van der Waals surface area contributed by atoms with E-state index in [1.54, 1.807) is 54.6 Å². The van der Waals surface area contributed by atoms with Gasteiger partial charge in [0, 0.05) is 21.8 Å². The highest BCUT2D eigenvalue weighted by Crippen LogP contribution is 2.36. The summed E-state index contributed by atoms with van der Waals surface area (Å²) in [5.41, 5.74) is 3.72. The van der Waals surface area contributed by atoms with Crippen molar-refractivity contribution in [2.24, 2.45) is 0 Å². The molecule has 34 heavy (non-hydrogen) atoms. The second-order valence-electron chi connectivity index (χ2n) is 7.29. The number of para-hydroxylation sites is 1. The van der Waals surface area contributed by atoms with Crippen LogP contribution in [-0.4, -0.2) is 28.4 Å². The molecule has 1 aliphatic heterocycles. The smallest absolute Gasteiger partial charge is 0.276 e. The van der Waals surface area contributed by atoms with Gasteiger partial charge in [-0.1, -0.05) is 40.7 Å². The number of rotatable bonds is 7. The lowest BCUT2D eigenvalue weighted by Gasteiger charge is -2.37. The summed E-state index contributed by atoms with van der Waals surface area (Å²) in [4.78, 5) is 37.6. The van der Waals surface area contributed by atoms with Crippen LogP contribution >= 0.6 is 15.9 Å². The molecule has 2 amide bonds. The molecule has 2 N–H and O–H groups in total. The van der Waals surface area contributed by atoms with E-state index < -0.39 is 22.9 Å². The molecule has 172 valence electrons. The maximum atomic E-state index is 13.4. The zero-order chi connectivity index (χ0) is 24.2. The van der Waals surface area contributed by atoms with Crippen LogP contribution in [0.15, 0.2) is 83.9 Å². The predicted molar refractivity (Wildman–Crippen MR) is 129 cm³/mol. The summed E-state index contributed by atoms with van der Waals surface area (Å²) in [5, 5.41) is 15.9. The van der Waals surface area contributed by atoms with Crippen molar-refractivity contribution < 1.29 is 19.2 Å². The number of halogens is 1. The van der Waals surface area contributed by atoms with Gasteiger partial charge in [-0.15, -0.1) is 0 Å². The van der Waals surface area contributed by atoms with E-state index in [2.05, 4.69) is 33.3 Å². The predicted octanol–water partition coefficient (Wildman–Crippen LogP) is 4.83.